The van der Waals surface area contributed by atoms with E-state index in [-0.39, 0.29) is 39.6 Å². The molecule has 2 saturated heterocycles. The number of amides is 2. The molecule has 4 N–H and O–H groups in total. The van der Waals surface area contributed by atoms with E-state index in [1.807, 2.05) is 32.0 Å². The smallest absolute Gasteiger partial charge is 0.249 e. The van der Waals surface area contributed by atoms with Crippen molar-refractivity contribution in [1.82, 2.24) is 20.2 Å². The normalized spacial score (nSPS) is 16.7. The molecular formula is C39H47ClN8O5S. The number of rotatable bonds is 13. The molecule has 0 bridgehead atoms. The number of sulfone groups is 1. The van der Waals surface area contributed by atoms with Gasteiger partial charge < -0.3 is 25.6 Å². The summed E-state index contributed by atoms with van der Waals surface area (Å²) in [5, 5.41) is 11.7. The van der Waals surface area contributed by atoms with Crippen molar-refractivity contribution in [3.63, 3.8) is 0 Å². The van der Waals surface area contributed by atoms with Gasteiger partial charge in [0.05, 0.1) is 33.8 Å². The van der Waals surface area contributed by atoms with Gasteiger partial charge in [0, 0.05) is 56.6 Å². The average Bonchev–Trinajstić information content (AvgIpc) is 3.13. The number of hydrogen-bond acceptors (Lipinski definition) is 12. The summed E-state index contributed by atoms with van der Waals surface area (Å²) in [7, 11) is -3.57. The van der Waals surface area contributed by atoms with E-state index in [2.05, 4.69) is 66.2 Å². The van der Waals surface area contributed by atoms with Crippen molar-refractivity contribution >= 4 is 67.8 Å². The zero-order chi connectivity index (χ0) is 38.6. The lowest BCUT2D eigenvalue weighted by Crippen LogP contribution is -2.47. The van der Waals surface area contributed by atoms with Crippen LogP contribution in [0.1, 0.15) is 51.7 Å². The summed E-state index contributed by atoms with van der Waals surface area (Å²) in [4.78, 5) is 37.6. The maximum atomic E-state index is 13.0. The highest BCUT2D eigenvalue weighted by atomic mass is 35.5. The first-order valence-corrected chi connectivity index (χ1v) is 20.1. The Morgan fingerprint density at radius 1 is 0.963 bits per heavy atom. The molecule has 2 aliphatic rings. The Morgan fingerprint density at radius 2 is 1.69 bits per heavy atom. The molecular weight excluding hydrogens is 728 g/mol. The predicted octanol–water partition coefficient (Wildman–Crippen LogP) is 6.43. The molecule has 2 fully saturated rings. The molecule has 6 rings (SSSR count). The van der Waals surface area contributed by atoms with Crippen molar-refractivity contribution < 1.29 is 22.7 Å². The first-order valence-electron chi connectivity index (χ1n) is 18.1. The SMILES string of the molecule is Cc1cc(Nc2ncc(Cl)c(Nc3ccccc3S(=O)(=O)C(C)C)n2)c(OC(C)C)cc1N1CCN(Cc2ccc(NC3CCC(=O)NC3=O)cc2)CC1. The number of carbonyl (C=O) groups excluding carboxylic acids is 2. The van der Waals surface area contributed by atoms with Crippen LogP contribution in [0.4, 0.5) is 34.5 Å². The minimum atomic E-state index is -3.57. The van der Waals surface area contributed by atoms with Crippen LogP contribution in [0.3, 0.4) is 0 Å². The third kappa shape index (κ3) is 9.23. The molecule has 2 amide bonds. The summed E-state index contributed by atoms with van der Waals surface area (Å²) in [5.74, 6) is 0.674. The topological polar surface area (TPSA) is 158 Å². The number of carbonyl (C=O) groups is 2. The molecule has 15 heteroatoms. The average molecular weight is 775 g/mol. The molecule has 0 saturated carbocycles. The molecule has 54 heavy (non-hydrogen) atoms. The summed E-state index contributed by atoms with van der Waals surface area (Å²) >= 11 is 6.49. The number of imide groups is 1. The molecule has 1 atom stereocenters. The van der Waals surface area contributed by atoms with E-state index in [4.69, 9.17) is 16.3 Å². The highest BCUT2D eigenvalue weighted by molar-refractivity contribution is 7.92. The zero-order valence-corrected chi connectivity index (χ0v) is 32.7. The summed E-state index contributed by atoms with van der Waals surface area (Å²) in [5.41, 5.74) is 5.24. The Morgan fingerprint density at radius 3 is 2.37 bits per heavy atom. The molecule has 1 unspecified atom stereocenters. The molecule has 3 aromatic carbocycles. The number of piperidine rings is 1. The van der Waals surface area contributed by atoms with Gasteiger partial charge in [-0.1, -0.05) is 35.9 Å². The quantitative estimate of drug-likeness (QED) is 0.111. The van der Waals surface area contributed by atoms with Crippen LogP contribution in [-0.2, 0) is 26.0 Å². The molecule has 0 radical (unpaired) electrons. The molecule has 286 valence electrons. The van der Waals surface area contributed by atoms with Crippen LogP contribution in [0.5, 0.6) is 5.75 Å². The molecule has 1 aromatic heterocycles. The summed E-state index contributed by atoms with van der Waals surface area (Å²) < 4.78 is 32.4. The lowest BCUT2D eigenvalue weighted by molar-refractivity contribution is -0.133. The first-order chi connectivity index (χ1) is 25.8. The number of piperazine rings is 1. The number of benzene rings is 3. The number of hydrogen-bond donors (Lipinski definition) is 4. The van der Waals surface area contributed by atoms with Gasteiger partial charge in [0.15, 0.2) is 15.7 Å². The maximum Gasteiger partial charge on any atom is 0.249 e. The zero-order valence-electron chi connectivity index (χ0n) is 31.1. The second-order valence-corrected chi connectivity index (χ2v) is 17.0. The van der Waals surface area contributed by atoms with Crippen molar-refractivity contribution in [1.29, 1.82) is 0 Å². The number of para-hydroxylation sites is 1. The minimum Gasteiger partial charge on any atom is -0.489 e. The van der Waals surface area contributed by atoms with Crippen molar-refractivity contribution in [3.8, 4) is 5.75 Å². The van der Waals surface area contributed by atoms with E-state index < -0.39 is 21.1 Å². The molecule has 13 nitrogen and oxygen atoms in total. The Hall–Kier alpha value is -4.92. The van der Waals surface area contributed by atoms with E-state index in [0.29, 0.717) is 30.0 Å². The molecule has 0 aliphatic carbocycles. The Kier molecular flexibility index (Phi) is 11.9. The minimum absolute atomic E-state index is 0.0914. The molecule has 4 aromatic rings. The first kappa shape index (κ1) is 38.8. The second-order valence-electron chi connectivity index (χ2n) is 14.1. The van der Waals surface area contributed by atoms with Crippen molar-refractivity contribution in [2.75, 3.05) is 47.0 Å². The van der Waals surface area contributed by atoms with E-state index in [0.717, 1.165) is 49.7 Å². The number of aryl methyl sites for hydroxylation is 1. The lowest BCUT2D eigenvalue weighted by Gasteiger charge is -2.37. The van der Waals surface area contributed by atoms with E-state index in [1.54, 1.807) is 38.1 Å². The van der Waals surface area contributed by atoms with Crippen molar-refractivity contribution in [2.45, 2.75) is 76.3 Å². The monoisotopic (exact) mass is 774 g/mol. The fourth-order valence-electron chi connectivity index (χ4n) is 6.45. The second kappa shape index (κ2) is 16.6. The highest BCUT2D eigenvalue weighted by Crippen LogP contribution is 2.37. The van der Waals surface area contributed by atoms with Crippen LogP contribution >= 0.6 is 11.6 Å². The summed E-state index contributed by atoms with van der Waals surface area (Å²) in [6.07, 6.45) is 2.20. The standard InChI is InChI=1S/C39H47ClN8O5S/c1-24(2)53-34-21-33(48-18-16-47(17-19-48)23-27-10-12-28(13-11-27)42-31-14-15-36(49)45-38(31)50)26(5)20-32(34)44-39-41-22-29(40)37(46-39)43-30-8-6-7-9-35(30)54(51,52)25(3)4/h6-13,20-22,24-25,31,42H,14-19,23H2,1-5H3,(H,45,49,50)(H2,41,43,44,46). The number of nitrogens with one attached hydrogen (secondary N) is 4. The fraction of sp³-hybridized carbons (Fsp3) is 0.385. The molecule has 2 aliphatic heterocycles. The maximum absolute atomic E-state index is 13.0. The number of nitrogens with zero attached hydrogens (tertiary/aromatic N) is 4. The van der Waals surface area contributed by atoms with Crippen LogP contribution in [-0.4, -0.2) is 78.7 Å². The molecule has 0 spiro atoms. The van der Waals surface area contributed by atoms with Gasteiger partial charge in [-0.15, -0.1) is 0 Å². The van der Waals surface area contributed by atoms with Gasteiger partial charge in [-0.3, -0.25) is 19.8 Å². The number of ether oxygens (including phenoxy) is 1. The van der Waals surface area contributed by atoms with E-state index >= 15 is 0 Å². The van der Waals surface area contributed by atoms with Gasteiger partial charge in [0.2, 0.25) is 17.8 Å². The van der Waals surface area contributed by atoms with Gasteiger partial charge in [-0.25, -0.2) is 13.4 Å². The third-order valence-electron chi connectivity index (χ3n) is 9.37. The summed E-state index contributed by atoms with van der Waals surface area (Å²) in [6, 6.07) is 18.5. The Bertz CT molecular complexity index is 2100. The molecule has 3 heterocycles. The lowest BCUT2D eigenvalue weighted by atomic mass is 10.1. The van der Waals surface area contributed by atoms with Crippen LogP contribution in [0.2, 0.25) is 5.02 Å². The summed E-state index contributed by atoms with van der Waals surface area (Å²) in [6.45, 7) is 13.6. The van der Waals surface area contributed by atoms with Gasteiger partial charge in [0.25, 0.3) is 0 Å². The van der Waals surface area contributed by atoms with Crippen LogP contribution < -0.4 is 30.9 Å². The Balaban J connectivity index is 1.12. The van der Waals surface area contributed by atoms with E-state index in [1.165, 1.54) is 11.8 Å². The number of aromatic nitrogens is 2. The van der Waals surface area contributed by atoms with Crippen LogP contribution in [0.15, 0.2) is 71.8 Å². The predicted molar refractivity (Wildman–Crippen MR) is 213 cm³/mol. The van der Waals surface area contributed by atoms with Crippen molar-refractivity contribution in [3.05, 3.63) is 83.0 Å². The van der Waals surface area contributed by atoms with Gasteiger partial charge in [-0.05, 0) is 82.5 Å². The number of halogens is 1. The third-order valence-corrected chi connectivity index (χ3v) is 11.9. The highest BCUT2D eigenvalue weighted by Gasteiger charge is 2.27. The van der Waals surface area contributed by atoms with E-state index in [9.17, 15) is 18.0 Å². The van der Waals surface area contributed by atoms with Crippen LogP contribution in [0.25, 0.3) is 0 Å². The Labute approximate surface area is 321 Å². The van der Waals surface area contributed by atoms with Gasteiger partial charge in [-0.2, -0.15) is 4.98 Å². The fourth-order valence-corrected chi connectivity index (χ4v) is 7.79. The number of anilines is 6. The largest absolute Gasteiger partial charge is 0.489 e. The van der Waals surface area contributed by atoms with Crippen molar-refractivity contribution in [2.24, 2.45) is 0 Å². The van der Waals surface area contributed by atoms with Gasteiger partial charge >= 0.3 is 0 Å². The van der Waals surface area contributed by atoms with Gasteiger partial charge in [0.1, 0.15) is 16.8 Å². The van der Waals surface area contributed by atoms with Crippen LogP contribution in [0, 0.1) is 6.92 Å².